The van der Waals surface area contributed by atoms with Crippen molar-refractivity contribution in [2.75, 3.05) is 24.5 Å². The first kappa shape index (κ1) is 20.2. The summed E-state index contributed by atoms with van der Waals surface area (Å²) in [6.45, 7) is 0. The molecule has 1 unspecified atom stereocenters. The second kappa shape index (κ2) is 9.45. The summed E-state index contributed by atoms with van der Waals surface area (Å²) in [4.78, 5) is 22.5. The van der Waals surface area contributed by atoms with Crippen molar-refractivity contribution in [3.8, 4) is 11.5 Å². The SMILES string of the molecule is COC(=O)CC1Oc2ccc(NN[C@@H](CSC)C(N)=O)cc2O1.Cl. The fourth-order valence-corrected chi connectivity index (χ4v) is 2.50. The first-order valence-corrected chi connectivity index (χ1v) is 8.27. The summed E-state index contributed by atoms with van der Waals surface area (Å²) in [6, 6.07) is 4.68. The van der Waals surface area contributed by atoms with Crippen molar-refractivity contribution in [2.24, 2.45) is 5.73 Å². The summed E-state index contributed by atoms with van der Waals surface area (Å²) in [7, 11) is 1.31. The van der Waals surface area contributed by atoms with Crippen molar-refractivity contribution in [3.05, 3.63) is 18.2 Å². The number of halogens is 1. The van der Waals surface area contributed by atoms with Crippen LogP contribution in [0.15, 0.2) is 18.2 Å². The quantitative estimate of drug-likeness (QED) is 0.452. The molecule has 1 amide bonds. The molecule has 1 aliphatic heterocycles. The zero-order chi connectivity index (χ0) is 16.8. The van der Waals surface area contributed by atoms with Crippen LogP contribution in [0.4, 0.5) is 5.69 Å². The Kier molecular flexibility index (Phi) is 7.96. The van der Waals surface area contributed by atoms with E-state index in [0.29, 0.717) is 22.9 Å². The Bertz CT molecular complexity index is 590. The number of hydrogen-bond donors (Lipinski definition) is 3. The molecule has 0 saturated carbocycles. The largest absolute Gasteiger partial charge is 0.469 e. The van der Waals surface area contributed by atoms with Crippen LogP contribution in [0.3, 0.4) is 0 Å². The van der Waals surface area contributed by atoms with Crippen molar-refractivity contribution in [2.45, 2.75) is 18.8 Å². The van der Waals surface area contributed by atoms with Crippen LogP contribution in [-0.4, -0.2) is 43.3 Å². The van der Waals surface area contributed by atoms with Crippen molar-refractivity contribution in [1.82, 2.24) is 5.43 Å². The Morgan fingerprint density at radius 3 is 2.71 bits per heavy atom. The molecule has 0 fully saturated rings. The molecular formula is C14H20ClN3O5S. The number of methoxy groups -OCH3 is 1. The van der Waals surface area contributed by atoms with E-state index in [-0.39, 0.29) is 18.8 Å². The van der Waals surface area contributed by atoms with E-state index in [0.717, 1.165) is 0 Å². The number of fused-ring (bicyclic) bond motifs is 1. The van der Waals surface area contributed by atoms with Gasteiger partial charge in [-0.05, 0) is 18.4 Å². The van der Waals surface area contributed by atoms with Crippen LogP contribution in [0.25, 0.3) is 0 Å². The minimum absolute atomic E-state index is 0. The Labute approximate surface area is 150 Å². The fraction of sp³-hybridized carbons (Fsp3) is 0.429. The summed E-state index contributed by atoms with van der Waals surface area (Å²) in [5.74, 6) is 0.745. The number of carbonyl (C=O) groups excluding carboxylic acids is 2. The van der Waals surface area contributed by atoms with Gasteiger partial charge >= 0.3 is 5.97 Å². The first-order chi connectivity index (χ1) is 11.0. The number of anilines is 1. The maximum absolute atomic E-state index is 11.3. The van der Waals surface area contributed by atoms with Gasteiger partial charge in [-0.2, -0.15) is 11.8 Å². The van der Waals surface area contributed by atoms with Gasteiger partial charge in [-0.3, -0.25) is 9.59 Å². The van der Waals surface area contributed by atoms with E-state index in [4.69, 9.17) is 15.2 Å². The van der Waals surface area contributed by atoms with Gasteiger partial charge in [0, 0.05) is 11.8 Å². The topological polar surface area (TPSA) is 112 Å². The number of primary amides is 1. The van der Waals surface area contributed by atoms with E-state index in [2.05, 4.69) is 15.6 Å². The van der Waals surface area contributed by atoms with Gasteiger partial charge in [0.15, 0.2) is 11.5 Å². The van der Waals surface area contributed by atoms with Crippen molar-refractivity contribution >= 4 is 41.7 Å². The highest BCUT2D eigenvalue weighted by Gasteiger charge is 2.27. The second-order valence-corrected chi connectivity index (χ2v) is 5.70. The Morgan fingerprint density at radius 1 is 1.38 bits per heavy atom. The zero-order valence-electron chi connectivity index (χ0n) is 13.2. The molecule has 1 aliphatic rings. The Morgan fingerprint density at radius 2 is 2.08 bits per heavy atom. The van der Waals surface area contributed by atoms with Crippen LogP contribution in [0.5, 0.6) is 11.5 Å². The molecule has 0 aliphatic carbocycles. The Balaban J connectivity index is 0.00000288. The predicted octanol–water partition coefficient (Wildman–Crippen LogP) is 0.902. The van der Waals surface area contributed by atoms with E-state index in [1.807, 2.05) is 6.26 Å². The maximum atomic E-state index is 11.3. The lowest BCUT2D eigenvalue weighted by Gasteiger charge is -2.16. The molecule has 8 nitrogen and oxygen atoms in total. The smallest absolute Gasteiger partial charge is 0.313 e. The summed E-state index contributed by atoms with van der Waals surface area (Å²) in [5, 5.41) is 0. The van der Waals surface area contributed by atoms with Gasteiger partial charge in [-0.15, -0.1) is 12.4 Å². The van der Waals surface area contributed by atoms with Gasteiger partial charge in [-0.25, -0.2) is 5.43 Å². The average Bonchev–Trinajstić information content (AvgIpc) is 2.92. The third kappa shape index (κ3) is 5.36. The van der Waals surface area contributed by atoms with Crippen molar-refractivity contribution in [1.29, 1.82) is 0 Å². The number of hydrazine groups is 1. The summed E-state index contributed by atoms with van der Waals surface area (Å²) in [6.07, 6.45) is 1.19. The lowest BCUT2D eigenvalue weighted by atomic mass is 10.3. The van der Waals surface area contributed by atoms with E-state index < -0.39 is 24.2 Å². The highest BCUT2D eigenvalue weighted by molar-refractivity contribution is 7.98. The van der Waals surface area contributed by atoms with Crippen LogP contribution in [0, 0.1) is 0 Å². The number of nitrogens with two attached hydrogens (primary N) is 1. The number of esters is 1. The van der Waals surface area contributed by atoms with E-state index in [1.54, 1.807) is 18.2 Å². The van der Waals surface area contributed by atoms with Crippen LogP contribution >= 0.6 is 24.2 Å². The monoisotopic (exact) mass is 377 g/mol. The third-order valence-corrected chi connectivity index (χ3v) is 3.76. The van der Waals surface area contributed by atoms with Gasteiger partial charge in [0.2, 0.25) is 5.91 Å². The summed E-state index contributed by atoms with van der Waals surface area (Å²) >= 11 is 1.51. The number of ether oxygens (including phenoxy) is 3. The van der Waals surface area contributed by atoms with E-state index in [1.165, 1.54) is 18.9 Å². The molecule has 0 bridgehead atoms. The minimum Gasteiger partial charge on any atom is -0.469 e. The molecule has 134 valence electrons. The van der Waals surface area contributed by atoms with Crippen molar-refractivity contribution < 1.29 is 23.8 Å². The number of benzene rings is 1. The zero-order valence-corrected chi connectivity index (χ0v) is 14.9. The summed E-state index contributed by atoms with van der Waals surface area (Å²) in [5.41, 5.74) is 11.8. The third-order valence-electron chi connectivity index (χ3n) is 3.09. The molecule has 10 heteroatoms. The Hall–Kier alpha value is -1.84. The highest BCUT2D eigenvalue weighted by atomic mass is 35.5. The van der Waals surface area contributed by atoms with E-state index in [9.17, 15) is 9.59 Å². The normalized spacial score (nSPS) is 16.0. The highest BCUT2D eigenvalue weighted by Crippen LogP contribution is 2.37. The van der Waals surface area contributed by atoms with Crippen LogP contribution < -0.4 is 26.1 Å². The van der Waals surface area contributed by atoms with Crippen LogP contribution in [0.2, 0.25) is 0 Å². The molecule has 0 spiro atoms. The predicted molar refractivity (Wildman–Crippen MR) is 93.5 cm³/mol. The maximum Gasteiger partial charge on any atom is 0.313 e. The number of amides is 1. The van der Waals surface area contributed by atoms with Gasteiger partial charge in [-0.1, -0.05) is 0 Å². The molecule has 2 atom stereocenters. The minimum atomic E-state index is -0.699. The molecule has 0 saturated heterocycles. The molecule has 4 N–H and O–H groups in total. The lowest BCUT2D eigenvalue weighted by Crippen LogP contribution is -2.45. The van der Waals surface area contributed by atoms with Gasteiger partial charge < -0.3 is 25.4 Å². The summed E-state index contributed by atoms with van der Waals surface area (Å²) < 4.78 is 15.6. The van der Waals surface area contributed by atoms with Crippen LogP contribution in [-0.2, 0) is 14.3 Å². The molecular weight excluding hydrogens is 358 g/mol. The fourth-order valence-electron chi connectivity index (χ4n) is 1.92. The van der Waals surface area contributed by atoms with Gasteiger partial charge in [0.1, 0.15) is 12.5 Å². The molecule has 2 rings (SSSR count). The average molecular weight is 378 g/mol. The second-order valence-electron chi connectivity index (χ2n) is 4.79. The molecule has 1 aromatic carbocycles. The molecule has 1 aromatic rings. The number of nitrogens with one attached hydrogen (secondary N) is 2. The first-order valence-electron chi connectivity index (χ1n) is 6.87. The van der Waals surface area contributed by atoms with E-state index >= 15 is 0 Å². The van der Waals surface area contributed by atoms with Gasteiger partial charge in [0.05, 0.1) is 12.8 Å². The number of thioether (sulfide) groups is 1. The van der Waals surface area contributed by atoms with Gasteiger partial charge in [0.25, 0.3) is 6.29 Å². The number of hydrogen-bond acceptors (Lipinski definition) is 8. The number of carbonyl (C=O) groups is 2. The molecule has 24 heavy (non-hydrogen) atoms. The number of rotatable bonds is 8. The van der Waals surface area contributed by atoms with Crippen LogP contribution in [0.1, 0.15) is 6.42 Å². The molecule has 0 aromatic heterocycles. The van der Waals surface area contributed by atoms with Crippen molar-refractivity contribution in [3.63, 3.8) is 0 Å². The lowest BCUT2D eigenvalue weighted by molar-refractivity contribution is -0.145. The molecule has 1 heterocycles. The molecule has 0 radical (unpaired) electrons. The standard InChI is InChI=1S/C14H19N3O5S.ClH/c1-20-12(18)6-13-21-10-4-3-8(5-11(10)22-13)16-17-9(7-23-2)14(15)19;/h3-5,9,13,16-17H,6-7H2,1-2H3,(H2,15,19);1H/t9-,13?;/m0./s1.